The molecule has 20 heavy (non-hydrogen) atoms. The molecule has 0 aliphatic carbocycles. The summed E-state index contributed by atoms with van der Waals surface area (Å²) in [5.74, 6) is -0.652. The molecule has 1 N–H and O–H groups in total. The Hall–Kier alpha value is -1.42. The van der Waals surface area contributed by atoms with Crippen molar-refractivity contribution in [3.05, 3.63) is 35.6 Å². The average molecular weight is 279 g/mol. The predicted octanol–water partition coefficient (Wildman–Crippen LogP) is 2.94. The number of piperidine rings is 1. The van der Waals surface area contributed by atoms with Crippen LogP contribution in [0.4, 0.5) is 4.39 Å². The number of likely N-dealkylation sites (tertiary alicyclic amines) is 1. The van der Waals surface area contributed by atoms with Gasteiger partial charge in [-0.3, -0.25) is 4.79 Å². The third-order valence-electron chi connectivity index (χ3n) is 4.11. The smallest absolute Gasteiger partial charge is 0.303 e. The van der Waals surface area contributed by atoms with Gasteiger partial charge in [-0.05, 0) is 50.3 Å². The first-order valence-corrected chi connectivity index (χ1v) is 7.25. The maximum absolute atomic E-state index is 13.7. The number of carbonyl (C=O) groups is 1. The van der Waals surface area contributed by atoms with E-state index in [1.807, 2.05) is 12.1 Å². The number of halogens is 1. The zero-order valence-electron chi connectivity index (χ0n) is 11.9. The molecule has 1 aliphatic rings. The van der Waals surface area contributed by atoms with Gasteiger partial charge in [-0.2, -0.15) is 0 Å². The molecule has 2 unspecified atom stereocenters. The van der Waals surface area contributed by atoms with Crippen molar-refractivity contribution >= 4 is 5.97 Å². The molecule has 1 aliphatic heterocycles. The summed E-state index contributed by atoms with van der Waals surface area (Å²) in [4.78, 5) is 13.1. The molecule has 1 saturated heterocycles. The van der Waals surface area contributed by atoms with E-state index in [4.69, 9.17) is 5.11 Å². The molecular weight excluding hydrogens is 257 g/mol. The minimum absolute atomic E-state index is 0.154. The van der Waals surface area contributed by atoms with Crippen molar-refractivity contribution in [3.8, 4) is 0 Å². The molecule has 0 amide bonds. The van der Waals surface area contributed by atoms with Crippen LogP contribution in [0.2, 0.25) is 0 Å². The third-order valence-corrected chi connectivity index (χ3v) is 4.11. The molecule has 0 saturated carbocycles. The number of carboxylic acid groups (broad SMARTS) is 1. The molecule has 2 atom stereocenters. The standard InChI is InChI=1S/C16H22FNO2/c1-12(9-14-6-2-3-7-15(14)17)18-8-4-5-13(11-18)10-16(19)20/h2-3,6-7,12-13H,4-5,8-11H2,1H3,(H,19,20). The van der Waals surface area contributed by atoms with Gasteiger partial charge in [0.05, 0.1) is 0 Å². The molecule has 0 radical (unpaired) electrons. The van der Waals surface area contributed by atoms with E-state index in [2.05, 4.69) is 11.8 Å². The Kier molecular flexibility index (Phi) is 5.12. The van der Waals surface area contributed by atoms with Crippen molar-refractivity contribution in [1.29, 1.82) is 0 Å². The Morgan fingerprint density at radius 3 is 2.95 bits per heavy atom. The summed E-state index contributed by atoms with van der Waals surface area (Å²) in [6.45, 7) is 3.88. The first kappa shape index (κ1) is 15.0. The van der Waals surface area contributed by atoms with Crippen molar-refractivity contribution in [2.75, 3.05) is 13.1 Å². The second kappa shape index (κ2) is 6.84. The van der Waals surface area contributed by atoms with Crippen LogP contribution in [0.3, 0.4) is 0 Å². The first-order chi connectivity index (χ1) is 9.56. The molecule has 110 valence electrons. The SMILES string of the molecule is CC(Cc1ccccc1F)N1CCCC(CC(=O)O)C1. The molecule has 0 spiro atoms. The maximum atomic E-state index is 13.7. The van der Waals surface area contributed by atoms with Gasteiger partial charge in [0.1, 0.15) is 5.82 Å². The number of benzene rings is 1. The van der Waals surface area contributed by atoms with Crippen molar-refractivity contribution in [3.63, 3.8) is 0 Å². The number of carboxylic acids is 1. The summed E-state index contributed by atoms with van der Waals surface area (Å²) in [6, 6.07) is 7.11. The summed E-state index contributed by atoms with van der Waals surface area (Å²) in [6.07, 6.45) is 2.92. The first-order valence-electron chi connectivity index (χ1n) is 7.25. The highest BCUT2D eigenvalue weighted by atomic mass is 19.1. The minimum Gasteiger partial charge on any atom is -0.481 e. The van der Waals surface area contributed by atoms with Crippen LogP contribution < -0.4 is 0 Å². The van der Waals surface area contributed by atoms with Gasteiger partial charge in [-0.25, -0.2) is 4.39 Å². The van der Waals surface area contributed by atoms with E-state index in [-0.39, 0.29) is 24.2 Å². The maximum Gasteiger partial charge on any atom is 0.303 e. The molecule has 0 aromatic heterocycles. The molecule has 2 rings (SSSR count). The van der Waals surface area contributed by atoms with Crippen LogP contribution >= 0.6 is 0 Å². The van der Waals surface area contributed by atoms with Crippen LogP contribution in [0.1, 0.15) is 31.7 Å². The number of aliphatic carboxylic acids is 1. The number of hydrogen-bond acceptors (Lipinski definition) is 2. The second-order valence-electron chi connectivity index (χ2n) is 5.75. The van der Waals surface area contributed by atoms with Crippen LogP contribution in [0.25, 0.3) is 0 Å². The van der Waals surface area contributed by atoms with Gasteiger partial charge in [0, 0.05) is 19.0 Å². The summed E-state index contributed by atoms with van der Waals surface area (Å²) in [5, 5.41) is 8.89. The summed E-state index contributed by atoms with van der Waals surface area (Å²) >= 11 is 0. The van der Waals surface area contributed by atoms with Gasteiger partial charge in [0.15, 0.2) is 0 Å². The van der Waals surface area contributed by atoms with Gasteiger partial charge in [0.25, 0.3) is 0 Å². The van der Waals surface area contributed by atoms with Crippen LogP contribution in [-0.2, 0) is 11.2 Å². The Morgan fingerprint density at radius 2 is 2.25 bits per heavy atom. The predicted molar refractivity (Wildman–Crippen MR) is 76.1 cm³/mol. The van der Waals surface area contributed by atoms with Crippen molar-refractivity contribution in [2.24, 2.45) is 5.92 Å². The van der Waals surface area contributed by atoms with Crippen LogP contribution in [0, 0.1) is 11.7 Å². The summed E-state index contributed by atoms with van der Waals surface area (Å²) in [5.41, 5.74) is 0.736. The average Bonchev–Trinajstić information content (AvgIpc) is 2.41. The largest absolute Gasteiger partial charge is 0.481 e. The van der Waals surface area contributed by atoms with Gasteiger partial charge in [-0.15, -0.1) is 0 Å². The van der Waals surface area contributed by atoms with E-state index >= 15 is 0 Å². The lowest BCUT2D eigenvalue weighted by atomic mass is 9.93. The van der Waals surface area contributed by atoms with E-state index in [0.717, 1.165) is 31.5 Å². The Bertz CT molecular complexity index is 464. The van der Waals surface area contributed by atoms with E-state index in [0.29, 0.717) is 6.42 Å². The fraction of sp³-hybridized carbons (Fsp3) is 0.562. The molecule has 1 aromatic rings. The fourth-order valence-electron chi connectivity index (χ4n) is 3.02. The highest BCUT2D eigenvalue weighted by Gasteiger charge is 2.25. The molecule has 1 aromatic carbocycles. The lowest BCUT2D eigenvalue weighted by molar-refractivity contribution is -0.138. The van der Waals surface area contributed by atoms with E-state index in [1.165, 1.54) is 6.07 Å². The van der Waals surface area contributed by atoms with Crippen molar-refractivity contribution in [2.45, 2.75) is 38.6 Å². The van der Waals surface area contributed by atoms with E-state index in [9.17, 15) is 9.18 Å². The molecule has 3 nitrogen and oxygen atoms in total. The summed E-state index contributed by atoms with van der Waals surface area (Å²) < 4.78 is 13.7. The Labute approximate surface area is 119 Å². The van der Waals surface area contributed by atoms with Crippen LogP contribution in [0.15, 0.2) is 24.3 Å². The van der Waals surface area contributed by atoms with Crippen LogP contribution in [0.5, 0.6) is 0 Å². The van der Waals surface area contributed by atoms with E-state index in [1.54, 1.807) is 6.07 Å². The van der Waals surface area contributed by atoms with E-state index < -0.39 is 5.97 Å². The molecule has 4 heteroatoms. The monoisotopic (exact) mass is 279 g/mol. The molecule has 1 fully saturated rings. The molecule has 1 heterocycles. The van der Waals surface area contributed by atoms with Crippen molar-refractivity contribution < 1.29 is 14.3 Å². The zero-order chi connectivity index (χ0) is 14.5. The van der Waals surface area contributed by atoms with Gasteiger partial charge in [-0.1, -0.05) is 18.2 Å². The fourth-order valence-corrected chi connectivity index (χ4v) is 3.02. The lowest BCUT2D eigenvalue weighted by Crippen LogP contribution is -2.42. The second-order valence-corrected chi connectivity index (χ2v) is 5.75. The zero-order valence-corrected chi connectivity index (χ0v) is 11.9. The number of nitrogens with zero attached hydrogens (tertiary/aromatic N) is 1. The number of hydrogen-bond donors (Lipinski definition) is 1. The highest BCUT2D eigenvalue weighted by Crippen LogP contribution is 2.23. The van der Waals surface area contributed by atoms with Gasteiger partial charge < -0.3 is 10.0 Å². The lowest BCUT2D eigenvalue weighted by Gasteiger charge is -2.36. The van der Waals surface area contributed by atoms with Crippen LogP contribution in [-0.4, -0.2) is 35.1 Å². The number of rotatable bonds is 5. The Morgan fingerprint density at radius 1 is 1.50 bits per heavy atom. The van der Waals surface area contributed by atoms with Crippen molar-refractivity contribution in [1.82, 2.24) is 4.90 Å². The summed E-state index contributed by atoms with van der Waals surface area (Å²) in [7, 11) is 0. The van der Waals surface area contributed by atoms with Gasteiger partial charge in [0.2, 0.25) is 0 Å². The van der Waals surface area contributed by atoms with Gasteiger partial charge >= 0.3 is 5.97 Å². The molecular formula is C16H22FNO2. The minimum atomic E-state index is -0.724. The molecule has 0 bridgehead atoms. The Balaban J connectivity index is 1.93. The normalized spacial score (nSPS) is 21.6. The third kappa shape index (κ3) is 4.04. The quantitative estimate of drug-likeness (QED) is 0.901. The highest BCUT2D eigenvalue weighted by molar-refractivity contribution is 5.67. The topological polar surface area (TPSA) is 40.5 Å².